The number of nitrogens with one attached hydrogen (secondary N) is 1. The molecule has 0 radical (unpaired) electrons. The summed E-state index contributed by atoms with van der Waals surface area (Å²) in [4.78, 5) is 23.1. The summed E-state index contributed by atoms with van der Waals surface area (Å²) in [6.45, 7) is 4.79. The van der Waals surface area contributed by atoms with Crippen LogP contribution in [-0.2, 0) is 18.4 Å². The van der Waals surface area contributed by atoms with Crippen molar-refractivity contribution < 1.29 is 32.9 Å². The summed E-state index contributed by atoms with van der Waals surface area (Å²) >= 11 is 0. The van der Waals surface area contributed by atoms with Gasteiger partial charge in [0.15, 0.2) is 0 Å². The summed E-state index contributed by atoms with van der Waals surface area (Å²) in [5, 5.41) is 13.8. The topological polar surface area (TPSA) is 105 Å². The van der Waals surface area contributed by atoms with Gasteiger partial charge in [0.1, 0.15) is 13.2 Å². The monoisotopic (exact) mass is 884 g/mol. The van der Waals surface area contributed by atoms with Crippen LogP contribution in [0.1, 0.15) is 251 Å². The van der Waals surface area contributed by atoms with Crippen molar-refractivity contribution in [1.29, 1.82) is 0 Å². The molecule has 0 aromatic carbocycles. The number of phosphoric acid groups is 1. The second-order valence-corrected chi connectivity index (χ2v) is 20.7. The van der Waals surface area contributed by atoms with E-state index < -0.39 is 20.0 Å². The van der Waals surface area contributed by atoms with Crippen LogP contribution in [0.25, 0.3) is 0 Å². The number of allylic oxidation sites excluding steroid dienone is 3. The lowest BCUT2D eigenvalue weighted by molar-refractivity contribution is -0.870. The second-order valence-electron chi connectivity index (χ2n) is 19.3. The van der Waals surface area contributed by atoms with Gasteiger partial charge in [-0.2, -0.15) is 0 Å². The Morgan fingerprint density at radius 3 is 1.31 bits per heavy atom. The Kier molecular flexibility index (Phi) is 43.5. The average molecular weight is 884 g/mol. The fraction of sp³-hybridized carbons (Fsp3) is 0.904. The van der Waals surface area contributed by atoms with Crippen LogP contribution in [0.5, 0.6) is 0 Å². The number of nitrogens with zero attached hydrogens (tertiary/aromatic N) is 1. The number of carbonyl (C=O) groups is 1. The fourth-order valence-corrected chi connectivity index (χ4v) is 8.50. The van der Waals surface area contributed by atoms with Gasteiger partial charge in [0.25, 0.3) is 0 Å². The number of phosphoric ester groups is 1. The molecule has 0 spiro atoms. The van der Waals surface area contributed by atoms with Crippen molar-refractivity contribution in [2.75, 3.05) is 40.9 Å². The van der Waals surface area contributed by atoms with Crippen LogP contribution in [0, 0.1) is 0 Å². The number of quaternary nitrogens is 1. The van der Waals surface area contributed by atoms with Gasteiger partial charge in [-0.3, -0.25) is 13.8 Å². The van der Waals surface area contributed by atoms with Gasteiger partial charge in [-0.05, 0) is 32.1 Å². The average Bonchev–Trinajstić information content (AvgIpc) is 3.21. The second kappa shape index (κ2) is 44.2. The zero-order valence-electron chi connectivity index (χ0n) is 41.2. The maximum absolute atomic E-state index is 12.9. The van der Waals surface area contributed by atoms with Crippen LogP contribution in [0.15, 0.2) is 24.3 Å². The molecule has 0 rings (SSSR count). The summed E-state index contributed by atoms with van der Waals surface area (Å²) in [6, 6.07) is -0.858. The molecule has 0 heterocycles. The van der Waals surface area contributed by atoms with Crippen molar-refractivity contribution in [3.8, 4) is 0 Å². The highest BCUT2D eigenvalue weighted by atomic mass is 31.2. The van der Waals surface area contributed by atoms with E-state index in [1.165, 1.54) is 193 Å². The number of aliphatic hydroxyl groups excluding tert-OH is 1. The van der Waals surface area contributed by atoms with Crippen LogP contribution in [0.2, 0.25) is 0 Å². The third kappa shape index (κ3) is 46.8. The first-order chi connectivity index (χ1) is 29.5. The van der Waals surface area contributed by atoms with Crippen LogP contribution in [0.4, 0.5) is 0 Å². The maximum Gasteiger partial charge on any atom is 0.472 e. The predicted octanol–water partition coefficient (Wildman–Crippen LogP) is 15.3. The van der Waals surface area contributed by atoms with Crippen LogP contribution in [0.3, 0.4) is 0 Å². The summed E-state index contributed by atoms with van der Waals surface area (Å²) in [6.07, 6.45) is 54.3. The summed E-state index contributed by atoms with van der Waals surface area (Å²) in [7, 11) is 1.56. The molecule has 3 unspecified atom stereocenters. The minimum Gasteiger partial charge on any atom is -0.387 e. The Bertz CT molecular complexity index is 1050. The third-order valence-electron chi connectivity index (χ3n) is 11.9. The molecule has 0 aliphatic heterocycles. The predicted molar refractivity (Wildman–Crippen MR) is 263 cm³/mol. The van der Waals surface area contributed by atoms with Gasteiger partial charge in [-0.1, -0.05) is 237 Å². The van der Waals surface area contributed by atoms with E-state index >= 15 is 0 Å². The highest BCUT2D eigenvalue weighted by Crippen LogP contribution is 2.43. The quantitative estimate of drug-likeness (QED) is 0.0243. The van der Waals surface area contributed by atoms with E-state index in [4.69, 9.17) is 9.05 Å². The molecule has 0 bridgehead atoms. The molecule has 362 valence electrons. The summed E-state index contributed by atoms with van der Waals surface area (Å²) < 4.78 is 23.6. The van der Waals surface area contributed by atoms with Gasteiger partial charge < -0.3 is 19.8 Å². The largest absolute Gasteiger partial charge is 0.472 e. The smallest absolute Gasteiger partial charge is 0.387 e. The molecule has 0 saturated carbocycles. The Hall–Kier alpha value is -1.02. The molecular formula is C52H104N2O6P+. The molecular weight excluding hydrogens is 780 g/mol. The molecule has 9 heteroatoms. The Balaban J connectivity index is 4.06. The number of unbranched alkanes of at least 4 members (excludes halogenated alkanes) is 33. The molecule has 0 aromatic heterocycles. The first kappa shape index (κ1) is 60.0. The van der Waals surface area contributed by atoms with E-state index in [1.807, 2.05) is 27.2 Å². The SMILES string of the molecule is CCCCCCC/C=C/CC/C=C/C(O)C(COP(=O)(O)OCC[N+](C)(C)C)NC(=O)CCCCCCCCCCCCCCCCCCCCCCCCCCCCCC. The first-order valence-electron chi connectivity index (χ1n) is 26.2. The normalized spacial score (nSPS) is 14.3. The van der Waals surface area contributed by atoms with E-state index in [-0.39, 0.29) is 19.1 Å². The lowest BCUT2D eigenvalue weighted by Gasteiger charge is -2.25. The lowest BCUT2D eigenvalue weighted by atomic mass is 10.0. The molecule has 61 heavy (non-hydrogen) atoms. The number of carbonyl (C=O) groups excluding carboxylic acids is 1. The van der Waals surface area contributed by atoms with Crippen LogP contribution < -0.4 is 5.32 Å². The zero-order chi connectivity index (χ0) is 45.0. The molecule has 3 atom stereocenters. The van der Waals surface area contributed by atoms with Crippen molar-refractivity contribution >= 4 is 13.7 Å². The fourth-order valence-electron chi connectivity index (χ4n) is 7.77. The number of aliphatic hydroxyl groups is 1. The summed E-state index contributed by atoms with van der Waals surface area (Å²) in [5.41, 5.74) is 0. The van der Waals surface area contributed by atoms with Gasteiger partial charge in [-0.15, -0.1) is 0 Å². The number of hydrogen-bond donors (Lipinski definition) is 3. The van der Waals surface area contributed by atoms with Gasteiger partial charge >= 0.3 is 7.82 Å². The lowest BCUT2D eigenvalue weighted by Crippen LogP contribution is -2.45. The van der Waals surface area contributed by atoms with E-state index in [9.17, 15) is 19.4 Å². The van der Waals surface area contributed by atoms with Crippen LogP contribution >= 0.6 is 7.82 Å². The highest BCUT2D eigenvalue weighted by molar-refractivity contribution is 7.47. The van der Waals surface area contributed by atoms with E-state index in [0.717, 1.165) is 38.5 Å². The molecule has 0 saturated heterocycles. The minimum absolute atomic E-state index is 0.0582. The molecule has 0 aromatic rings. The number of rotatable bonds is 48. The van der Waals surface area contributed by atoms with Gasteiger partial charge in [0.2, 0.25) is 5.91 Å². The van der Waals surface area contributed by atoms with Crippen molar-refractivity contribution in [2.45, 2.75) is 264 Å². The number of hydrogen-bond acceptors (Lipinski definition) is 5. The first-order valence-corrected chi connectivity index (χ1v) is 27.7. The zero-order valence-corrected chi connectivity index (χ0v) is 42.1. The standard InChI is InChI=1S/C52H103N2O6P/c1-6-8-10-12-14-16-18-19-20-21-22-23-24-25-26-27-28-29-30-31-32-33-34-36-38-40-42-44-46-52(56)53-50(49-60-61(57,58)59-48-47-54(3,4)5)51(55)45-43-41-39-37-35-17-15-13-11-9-7-2/h35,37,43,45,50-51,55H,6-34,36,38-42,44,46-49H2,1-5H3,(H-,53,56,57,58)/p+1/b37-35+,45-43+. The summed E-state index contributed by atoms with van der Waals surface area (Å²) in [5.74, 6) is -0.184. The Labute approximate surface area is 379 Å². The number of amides is 1. The van der Waals surface area contributed by atoms with E-state index in [1.54, 1.807) is 6.08 Å². The maximum atomic E-state index is 12.9. The molecule has 0 fully saturated rings. The molecule has 0 aliphatic rings. The molecule has 8 nitrogen and oxygen atoms in total. The highest BCUT2D eigenvalue weighted by Gasteiger charge is 2.27. The molecule has 0 aliphatic carbocycles. The van der Waals surface area contributed by atoms with Crippen molar-refractivity contribution in [3.63, 3.8) is 0 Å². The minimum atomic E-state index is -4.34. The molecule has 1 amide bonds. The van der Waals surface area contributed by atoms with Gasteiger partial charge in [0.05, 0.1) is 39.9 Å². The Morgan fingerprint density at radius 1 is 0.541 bits per heavy atom. The third-order valence-corrected chi connectivity index (χ3v) is 12.9. The van der Waals surface area contributed by atoms with Gasteiger partial charge in [-0.25, -0.2) is 4.57 Å². The van der Waals surface area contributed by atoms with Crippen molar-refractivity contribution in [1.82, 2.24) is 5.32 Å². The molecule has 3 N–H and O–H groups in total. The van der Waals surface area contributed by atoms with E-state index in [2.05, 4.69) is 31.3 Å². The van der Waals surface area contributed by atoms with Gasteiger partial charge in [0, 0.05) is 6.42 Å². The van der Waals surface area contributed by atoms with Crippen LogP contribution in [-0.4, -0.2) is 73.4 Å². The van der Waals surface area contributed by atoms with E-state index in [0.29, 0.717) is 17.4 Å². The van der Waals surface area contributed by atoms with Crippen molar-refractivity contribution in [3.05, 3.63) is 24.3 Å². The Morgan fingerprint density at radius 2 is 0.902 bits per heavy atom. The van der Waals surface area contributed by atoms with Crippen molar-refractivity contribution in [2.24, 2.45) is 0 Å². The number of likely N-dealkylation sites (N-methyl/N-ethyl adjacent to an activating group) is 1.